The zero-order valence-corrected chi connectivity index (χ0v) is 8.43. The molecule has 13 heavy (non-hydrogen) atoms. The van der Waals surface area contributed by atoms with Crippen LogP contribution in [-0.2, 0) is 10.0 Å². The molecule has 0 saturated heterocycles. The molecule has 0 atom stereocenters. The summed E-state index contributed by atoms with van der Waals surface area (Å²) in [5.41, 5.74) is 0. The Morgan fingerprint density at radius 1 is 1.62 bits per heavy atom. The van der Waals surface area contributed by atoms with Gasteiger partial charge in [0.15, 0.2) is 0 Å². The Kier molecular flexibility index (Phi) is 3.05. The van der Waals surface area contributed by atoms with E-state index in [4.69, 9.17) is 0 Å². The minimum atomic E-state index is -3.36. The van der Waals surface area contributed by atoms with Crippen LogP contribution in [0.3, 0.4) is 0 Å². The van der Waals surface area contributed by atoms with Crippen molar-refractivity contribution in [1.82, 2.24) is 14.9 Å². The van der Waals surface area contributed by atoms with E-state index in [0.29, 0.717) is 12.5 Å². The maximum Gasteiger partial charge on any atom is 0.243 e. The second kappa shape index (κ2) is 3.89. The molecule has 2 N–H and O–H groups in total. The van der Waals surface area contributed by atoms with Crippen molar-refractivity contribution in [3.63, 3.8) is 0 Å². The molecule has 0 radical (unpaired) electrons. The molecule has 0 bridgehead atoms. The van der Waals surface area contributed by atoms with Crippen molar-refractivity contribution in [2.75, 3.05) is 6.54 Å². The van der Waals surface area contributed by atoms with Gasteiger partial charge in [-0.2, -0.15) is 5.10 Å². The quantitative estimate of drug-likeness (QED) is 0.741. The Hall–Kier alpha value is -0.880. The van der Waals surface area contributed by atoms with E-state index < -0.39 is 10.0 Å². The predicted octanol–water partition coefficient (Wildman–Crippen LogP) is 0.344. The van der Waals surface area contributed by atoms with E-state index >= 15 is 0 Å². The van der Waals surface area contributed by atoms with Gasteiger partial charge in [0, 0.05) is 12.7 Å². The predicted molar refractivity (Wildman–Crippen MR) is 48.6 cm³/mol. The van der Waals surface area contributed by atoms with Crippen LogP contribution in [0.2, 0.25) is 0 Å². The lowest BCUT2D eigenvalue weighted by molar-refractivity contribution is 0.560. The fourth-order valence-electron chi connectivity index (χ4n) is 0.746. The highest BCUT2D eigenvalue weighted by Crippen LogP contribution is 2.04. The fourth-order valence-corrected chi connectivity index (χ4v) is 1.86. The number of aromatic amines is 1. The molecule has 1 aromatic heterocycles. The summed E-state index contributed by atoms with van der Waals surface area (Å²) in [6, 6.07) is 0. The van der Waals surface area contributed by atoms with Crippen LogP contribution >= 0.6 is 0 Å². The van der Waals surface area contributed by atoms with E-state index in [-0.39, 0.29) is 4.90 Å². The van der Waals surface area contributed by atoms with Gasteiger partial charge in [-0.25, -0.2) is 13.1 Å². The highest BCUT2D eigenvalue weighted by molar-refractivity contribution is 7.89. The number of nitrogens with one attached hydrogen (secondary N) is 2. The molecule has 0 aromatic carbocycles. The maximum absolute atomic E-state index is 11.4. The summed E-state index contributed by atoms with van der Waals surface area (Å²) in [5.74, 6) is 0.293. The zero-order chi connectivity index (χ0) is 9.90. The Morgan fingerprint density at radius 3 is 2.77 bits per heavy atom. The Balaban J connectivity index is 2.68. The normalized spacial score (nSPS) is 12.2. The molecule has 1 heterocycles. The van der Waals surface area contributed by atoms with E-state index in [1.807, 2.05) is 13.8 Å². The van der Waals surface area contributed by atoms with Crippen LogP contribution in [0.4, 0.5) is 0 Å². The van der Waals surface area contributed by atoms with Crippen LogP contribution in [0.25, 0.3) is 0 Å². The number of H-pyrrole nitrogens is 1. The van der Waals surface area contributed by atoms with E-state index in [1.54, 1.807) is 0 Å². The van der Waals surface area contributed by atoms with E-state index in [1.165, 1.54) is 12.4 Å². The van der Waals surface area contributed by atoms with Crippen LogP contribution in [0.15, 0.2) is 17.3 Å². The summed E-state index contributed by atoms with van der Waals surface area (Å²) in [5, 5.41) is 6.03. The van der Waals surface area contributed by atoms with Crippen LogP contribution in [0, 0.1) is 5.92 Å². The molecule has 74 valence electrons. The molecule has 0 aliphatic heterocycles. The number of hydrogen-bond donors (Lipinski definition) is 2. The number of sulfonamides is 1. The van der Waals surface area contributed by atoms with E-state index in [9.17, 15) is 8.42 Å². The molecule has 0 amide bonds. The Labute approximate surface area is 77.6 Å². The highest BCUT2D eigenvalue weighted by atomic mass is 32.2. The molecule has 0 unspecified atom stereocenters. The molecule has 0 aliphatic carbocycles. The van der Waals surface area contributed by atoms with Crippen LogP contribution in [0.5, 0.6) is 0 Å². The summed E-state index contributed by atoms with van der Waals surface area (Å²) in [7, 11) is -3.36. The standard InChI is InChI=1S/C7H13N3O2S/c1-6(2)3-10-13(11,12)7-4-8-9-5-7/h4-6,10H,3H2,1-2H3,(H,8,9). The molecular formula is C7H13N3O2S. The van der Waals surface area contributed by atoms with Gasteiger partial charge in [0.25, 0.3) is 0 Å². The number of rotatable bonds is 4. The first kappa shape index (κ1) is 10.2. The molecule has 0 aliphatic rings. The van der Waals surface area contributed by atoms with Crippen molar-refractivity contribution >= 4 is 10.0 Å². The van der Waals surface area contributed by atoms with Gasteiger partial charge >= 0.3 is 0 Å². The molecule has 6 heteroatoms. The third kappa shape index (κ3) is 2.82. The summed E-state index contributed by atoms with van der Waals surface area (Å²) in [4.78, 5) is 0.174. The van der Waals surface area contributed by atoms with Gasteiger partial charge in [0.2, 0.25) is 10.0 Å². The highest BCUT2D eigenvalue weighted by Gasteiger charge is 2.14. The van der Waals surface area contributed by atoms with Crippen LogP contribution in [-0.4, -0.2) is 25.2 Å². The monoisotopic (exact) mass is 203 g/mol. The van der Waals surface area contributed by atoms with Crippen molar-refractivity contribution in [2.45, 2.75) is 18.7 Å². The smallest absolute Gasteiger partial charge is 0.243 e. The summed E-state index contributed by atoms with van der Waals surface area (Å²) < 4.78 is 25.3. The SMILES string of the molecule is CC(C)CNS(=O)(=O)c1cn[nH]c1. The van der Waals surface area contributed by atoms with Gasteiger partial charge in [0.05, 0.1) is 6.20 Å². The minimum absolute atomic E-state index is 0.174. The molecule has 0 spiro atoms. The first-order valence-corrected chi connectivity index (χ1v) is 5.49. The summed E-state index contributed by atoms with van der Waals surface area (Å²) in [6.45, 7) is 4.32. The van der Waals surface area contributed by atoms with Gasteiger partial charge in [0.1, 0.15) is 4.90 Å². The van der Waals surface area contributed by atoms with Crippen LogP contribution < -0.4 is 4.72 Å². The maximum atomic E-state index is 11.4. The third-order valence-electron chi connectivity index (χ3n) is 1.47. The van der Waals surface area contributed by atoms with Gasteiger partial charge < -0.3 is 0 Å². The van der Waals surface area contributed by atoms with Crippen molar-refractivity contribution in [1.29, 1.82) is 0 Å². The summed E-state index contributed by atoms with van der Waals surface area (Å²) in [6.07, 6.45) is 2.63. The number of hydrogen-bond acceptors (Lipinski definition) is 3. The van der Waals surface area contributed by atoms with Gasteiger partial charge in [-0.05, 0) is 5.92 Å². The minimum Gasteiger partial charge on any atom is -0.284 e. The van der Waals surface area contributed by atoms with Crippen molar-refractivity contribution in [2.24, 2.45) is 5.92 Å². The molecule has 0 fully saturated rings. The Morgan fingerprint density at radius 2 is 2.31 bits per heavy atom. The zero-order valence-electron chi connectivity index (χ0n) is 7.61. The van der Waals surface area contributed by atoms with E-state index in [0.717, 1.165) is 0 Å². The fraction of sp³-hybridized carbons (Fsp3) is 0.571. The lowest BCUT2D eigenvalue weighted by atomic mass is 10.2. The first-order valence-electron chi connectivity index (χ1n) is 4.01. The molecule has 1 aromatic rings. The third-order valence-corrected chi connectivity index (χ3v) is 2.86. The second-order valence-corrected chi connectivity index (χ2v) is 4.95. The lowest BCUT2D eigenvalue weighted by Crippen LogP contribution is -2.27. The number of aromatic nitrogens is 2. The van der Waals surface area contributed by atoms with Gasteiger partial charge in [-0.15, -0.1) is 0 Å². The number of nitrogens with zero attached hydrogens (tertiary/aromatic N) is 1. The Bertz CT molecular complexity index is 342. The van der Waals surface area contributed by atoms with Crippen molar-refractivity contribution in [3.05, 3.63) is 12.4 Å². The first-order chi connectivity index (χ1) is 6.02. The average molecular weight is 203 g/mol. The largest absolute Gasteiger partial charge is 0.284 e. The molecular weight excluding hydrogens is 190 g/mol. The lowest BCUT2D eigenvalue weighted by Gasteiger charge is -2.06. The van der Waals surface area contributed by atoms with Crippen LogP contribution in [0.1, 0.15) is 13.8 Å². The van der Waals surface area contributed by atoms with Gasteiger partial charge in [-0.3, -0.25) is 5.10 Å². The van der Waals surface area contributed by atoms with Crippen molar-refractivity contribution in [3.8, 4) is 0 Å². The van der Waals surface area contributed by atoms with Gasteiger partial charge in [-0.1, -0.05) is 13.8 Å². The second-order valence-electron chi connectivity index (χ2n) is 3.18. The molecule has 0 saturated carbocycles. The van der Waals surface area contributed by atoms with E-state index in [2.05, 4.69) is 14.9 Å². The molecule has 5 nitrogen and oxygen atoms in total. The topological polar surface area (TPSA) is 74.8 Å². The van der Waals surface area contributed by atoms with Crippen molar-refractivity contribution < 1.29 is 8.42 Å². The average Bonchev–Trinajstić information content (AvgIpc) is 2.53. The molecule has 1 rings (SSSR count). The summed E-state index contributed by atoms with van der Waals surface area (Å²) >= 11 is 0.